The van der Waals surface area contributed by atoms with Gasteiger partial charge < -0.3 is 14.4 Å². The molecule has 3 aliphatic rings. The first kappa shape index (κ1) is 18.8. The van der Waals surface area contributed by atoms with Crippen molar-refractivity contribution < 1.29 is 23.9 Å². The Kier molecular flexibility index (Phi) is 5.24. The highest BCUT2D eigenvalue weighted by Crippen LogP contribution is 2.38. The van der Waals surface area contributed by atoms with Crippen LogP contribution in [0.4, 0.5) is 0 Å². The number of benzene rings is 1. The zero-order valence-corrected chi connectivity index (χ0v) is 16.2. The summed E-state index contributed by atoms with van der Waals surface area (Å²) >= 11 is 0. The predicted molar refractivity (Wildman–Crippen MR) is 100 cm³/mol. The van der Waals surface area contributed by atoms with Crippen molar-refractivity contribution in [1.29, 1.82) is 0 Å². The fraction of sp³-hybridized carbons (Fsp3) is 0.571. The number of carbonyl (C=O) groups excluding carboxylic acids is 3. The number of hydrogen-bond donors (Lipinski definition) is 0. The molecule has 28 heavy (non-hydrogen) atoms. The highest BCUT2D eigenvalue weighted by Gasteiger charge is 2.47. The highest BCUT2D eigenvalue weighted by atomic mass is 16.7. The van der Waals surface area contributed by atoms with Crippen molar-refractivity contribution in [3.63, 3.8) is 0 Å². The van der Waals surface area contributed by atoms with Crippen LogP contribution >= 0.6 is 0 Å². The van der Waals surface area contributed by atoms with E-state index in [-0.39, 0.29) is 49.3 Å². The number of rotatable bonds is 6. The van der Waals surface area contributed by atoms with Gasteiger partial charge >= 0.3 is 0 Å². The van der Waals surface area contributed by atoms with Crippen LogP contribution in [0.2, 0.25) is 0 Å². The third kappa shape index (κ3) is 3.45. The lowest BCUT2D eigenvalue weighted by atomic mass is 9.81. The number of nitrogens with zero attached hydrogens (tertiary/aromatic N) is 2. The van der Waals surface area contributed by atoms with Crippen molar-refractivity contribution in [2.45, 2.75) is 45.6 Å². The summed E-state index contributed by atoms with van der Waals surface area (Å²) < 4.78 is 10.7. The molecule has 1 aromatic carbocycles. The second-order valence-corrected chi connectivity index (χ2v) is 7.67. The number of hydrogen-bond acceptors (Lipinski definition) is 5. The van der Waals surface area contributed by atoms with E-state index in [0.717, 1.165) is 31.2 Å². The minimum atomic E-state index is -0.160. The van der Waals surface area contributed by atoms with Crippen LogP contribution in [-0.4, -0.2) is 47.4 Å². The molecule has 7 nitrogen and oxygen atoms in total. The molecule has 2 atom stereocenters. The van der Waals surface area contributed by atoms with Crippen molar-refractivity contribution >= 4 is 17.7 Å². The van der Waals surface area contributed by atoms with Gasteiger partial charge in [-0.25, -0.2) is 0 Å². The van der Waals surface area contributed by atoms with Gasteiger partial charge in [-0.2, -0.15) is 0 Å². The smallest absolute Gasteiger partial charge is 0.233 e. The Morgan fingerprint density at radius 3 is 2.46 bits per heavy atom. The number of ether oxygens (including phenoxy) is 2. The van der Waals surface area contributed by atoms with E-state index < -0.39 is 0 Å². The summed E-state index contributed by atoms with van der Waals surface area (Å²) in [5.41, 5.74) is 0.957. The summed E-state index contributed by atoms with van der Waals surface area (Å²) in [4.78, 5) is 40.9. The molecular formula is C21H26N2O5. The van der Waals surface area contributed by atoms with Gasteiger partial charge in [-0.05, 0) is 37.5 Å². The molecule has 0 aromatic heterocycles. The van der Waals surface area contributed by atoms with Crippen LogP contribution in [0.1, 0.15) is 44.6 Å². The fourth-order valence-corrected chi connectivity index (χ4v) is 4.45. The quantitative estimate of drug-likeness (QED) is 0.702. The van der Waals surface area contributed by atoms with E-state index in [1.54, 1.807) is 4.90 Å². The molecular weight excluding hydrogens is 360 g/mol. The average Bonchev–Trinajstić information content (AvgIpc) is 3.27. The second-order valence-electron chi connectivity index (χ2n) is 7.67. The van der Waals surface area contributed by atoms with Gasteiger partial charge in [0.15, 0.2) is 11.5 Å². The van der Waals surface area contributed by atoms with Crippen molar-refractivity contribution in [3.05, 3.63) is 23.8 Å². The van der Waals surface area contributed by atoms with Crippen LogP contribution in [0.3, 0.4) is 0 Å². The van der Waals surface area contributed by atoms with E-state index in [0.29, 0.717) is 24.6 Å². The molecule has 150 valence electrons. The zero-order valence-electron chi connectivity index (χ0n) is 16.2. The first-order valence-electron chi connectivity index (χ1n) is 10.1. The lowest BCUT2D eigenvalue weighted by Gasteiger charge is -2.22. The molecule has 0 spiro atoms. The first-order valence-corrected chi connectivity index (χ1v) is 10.1. The van der Waals surface area contributed by atoms with Gasteiger partial charge in [-0.15, -0.1) is 0 Å². The van der Waals surface area contributed by atoms with Crippen molar-refractivity contribution in [2.24, 2.45) is 11.8 Å². The van der Waals surface area contributed by atoms with Crippen LogP contribution in [0.25, 0.3) is 0 Å². The summed E-state index contributed by atoms with van der Waals surface area (Å²) in [6.45, 7) is 3.33. The van der Waals surface area contributed by atoms with Crippen molar-refractivity contribution in [3.8, 4) is 11.5 Å². The lowest BCUT2D eigenvalue weighted by molar-refractivity contribution is -0.141. The summed E-state index contributed by atoms with van der Waals surface area (Å²) in [7, 11) is 0. The van der Waals surface area contributed by atoms with Crippen LogP contribution < -0.4 is 9.47 Å². The van der Waals surface area contributed by atoms with Gasteiger partial charge in [0.25, 0.3) is 0 Å². The second kappa shape index (κ2) is 7.81. The molecule has 7 heteroatoms. The molecule has 4 rings (SSSR count). The number of amides is 3. The Hall–Kier alpha value is -2.57. The monoisotopic (exact) mass is 386 g/mol. The number of imide groups is 1. The molecule has 0 unspecified atom stereocenters. The van der Waals surface area contributed by atoms with E-state index in [2.05, 4.69) is 0 Å². The molecule has 1 saturated heterocycles. The molecule has 1 aliphatic carbocycles. The molecule has 2 heterocycles. The van der Waals surface area contributed by atoms with Crippen molar-refractivity contribution in [2.75, 3.05) is 19.9 Å². The molecule has 0 radical (unpaired) electrons. The summed E-state index contributed by atoms with van der Waals surface area (Å²) in [6.07, 6.45) is 3.77. The van der Waals surface area contributed by atoms with Crippen molar-refractivity contribution in [1.82, 2.24) is 9.80 Å². The Bertz CT molecular complexity index is 769. The van der Waals surface area contributed by atoms with E-state index in [1.807, 2.05) is 25.1 Å². The summed E-state index contributed by atoms with van der Waals surface area (Å²) in [5.74, 6) is 0.861. The predicted octanol–water partition coefficient (Wildman–Crippen LogP) is 2.33. The molecule has 0 bridgehead atoms. The Morgan fingerprint density at radius 1 is 1.11 bits per heavy atom. The minimum Gasteiger partial charge on any atom is -0.454 e. The molecule has 1 saturated carbocycles. The zero-order chi connectivity index (χ0) is 19.7. The Labute approximate surface area is 164 Å². The van der Waals surface area contributed by atoms with Gasteiger partial charge in [-0.1, -0.05) is 18.9 Å². The molecule has 3 amide bonds. The average molecular weight is 386 g/mol. The lowest BCUT2D eigenvalue weighted by Crippen LogP contribution is -2.37. The number of carbonyl (C=O) groups is 3. The van der Waals surface area contributed by atoms with E-state index in [4.69, 9.17) is 9.47 Å². The largest absolute Gasteiger partial charge is 0.454 e. The van der Waals surface area contributed by atoms with E-state index in [9.17, 15) is 14.4 Å². The van der Waals surface area contributed by atoms with Gasteiger partial charge in [0.05, 0.1) is 11.8 Å². The molecule has 2 fully saturated rings. The van der Waals surface area contributed by atoms with Gasteiger partial charge in [0.2, 0.25) is 24.5 Å². The fourth-order valence-electron chi connectivity index (χ4n) is 4.45. The van der Waals surface area contributed by atoms with Crippen LogP contribution in [-0.2, 0) is 20.9 Å². The number of likely N-dealkylation sites (tertiary alicyclic amines) is 1. The van der Waals surface area contributed by atoms with Gasteiger partial charge in [-0.3, -0.25) is 19.3 Å². The highest BCUT2D eigenvalue weighted by molar-refractivity contribution is 6.05. The number of fused-ring (bicyclic) bond motifs is 2. The van der Waals surface area contributed by atoms with Crippen LogP contribution in [0, 0.1) is 11.8 Å². The molecule has 0 N–H and O–H groups in total. The summed E-state index contributed by atoms with van der Waals surface area (Å²) in [6, 6.07) is 5.65. The topological polar surface area (TPSA) is 76.2 Å². The first-order chi connectivity index (χ1) is 13.6. The maximum atomic E-state index is 12.7. The van der Waals surface area contributed by atoms with Crippen LogP contribution in [0.15, 0.2) is 18.2 Å². The van der Waals surface area contributed by atoms with Gasteiger partial charge in [0.1, 0.15) is 0 Å². The Balaban J connectivity index is 1.35. The summed E-state index contributed by atoms with van der Waals surface area (Å²) in [5, 5.41) is 0. The van der Waals surface area contributed by atoms with Gasteiger partial charge in [0, 0.05) is 26.1 Å². The normalized spacial score (nSPS) is 23.1. The minimum absolute atomic E-state index is 0.0596. The van der Waals surface area contributed by atoms with Crippen LogP contribution in [0.5, 0.6) is 11.5 Å². The van der Waals surface area contributed by atoms with E-state index in [1.165, 1.54) is 4.90 Å². The van der Waals surface area contributed by atoms with E-state index >= 15 is 0 Å². The third-order valence-electron chi connectivity index (χ3n) is 6.03. The maximum absolute atomic E-state index is 12.7. The Morgan fingerprint density at radius 2 is 1.79 bits per heavy atom. The SMILES string of the molecule is CCN(Cc1ccc2c(c1)OCO2)C(=O)CCN1C(=O)[C@@H]2CCCC[C@H]2C1=O. The maximum Gasteiger partial charge on any atom is 0.233 e. The molecule has 1 aromatic rings. The standard InChI is InChI=1S/C21H26N2O5/c1-2-22(12-14-7-8-17-18(11-14)28-13-27-17)19(24)9-10-23-20(25)15-5-3-4-6-16(15)21(23)26/h7-8,11,15-16H,2-6,9-10,12-13H2,1H3/t15-,16-/m1/s1. The molecule has 2 aliphatic heterocycles. The third-order valence-corrected chi connectivity index (χ3v) is 6.03.